The Morgan fingerprint density at radius 1 is 1.65 bits per heavy atom. The van der Waals surface area contributed by atoms with E-state index in [0.717, 1.165) is 10.4 Å². The highest BCUT2D eigenvalue weighted by atomic mass is 32.1. The van der Waals surface area contributed by atoms with Crippen LogP contribution in [0.3, 0.4) is 0 Å². The minimum atomic E-state index is -0.287. The Morgan fingerprint density at radius 2 is 2.35 bits per heavy atom. The zero-order chi connectivity index (χ0) is 12.6. The predicted molar refractivity (Wildman–Crippen MR) is 69.7 cm³/mol. The van der Waals surface area contributed by atoms with Crippen LogP contribution in [0.5, 0.6) is 0 Å². The van der Waals surface area contributed by atoms with Gasteiger partial charge in [-0.15, -0.1) is 17.9 Å². The Morgan fingerprint density at radius 3 is 2.88 bits per heavy atom. The molecule has 1 aromatic heterocycles. The van der Waals surface area contributed by atoms with Crippen molar-refractivity contribution in [2.75, 3.05) is 6.54 Å². The lowest BCUT2D eigenvalue weighted by Crippen LogP contribution is -2.29. The molecule has 0 saturated carbocycles. The molecule has 1 aliphatic rings. The van der Waals surface area contributed by atoms with Crippen molar-refractivity contribution in [1.82, 2.24) is 10.2 Å². The van der Waals surface area contributed by atoms with Crippen LogP contribution in [0.25, 0.3) is 0 Å². The molecule has 2 heterocycles. The summed E-state index contributed by atoms with van der Waals surface area (Å²) in [5, 5.41) is 10.4. The van der Waals surface area contributed by atoms with Crippen LogP contribution in [-0.4, -0.2) is 23.3 Å². The Bertz CT molecular complexity index is 492. The van der Waals surface area contributed by atoms with E-state index in [1.165, 1.54) is 4.88 Å². The number of hydrogen-bond acceptors (Lipinski definition) is 3. The molecular weight excluding hydrogens is 234 g/mol. The monoisotopic (exact) mass is 249 g/mol. The molecule has 2 N–H and O–H groups in total. The first kappa shape index (κ1) is 11.9. The van der Waals surface area contributed by atoms with Gasteiger partial charge >= 0.3 is 6.03 Å². The summed E-state index contributed by atoms with van der Waals surface area (Å²) in [7, 11) is 0. The van der Waals surface area contributed by atoms with Gasteiger partial charge in [0.05, 0.1) is 0 Å². The number of rotatable bonds is 3. The SMILES string of the molecule is C=CCN1C(=O)NC(=N)C1c1cc(C)sc1C. The van der Waals surface area contributed by atoms with E-state index < -0.39 is 0 Å². The first-order valence-corrected chi connectivity index (χ1v) is 6.20. The third kappa shape index (κ3) is 1.98. The second kappa shape index (κ2) is 4.33. The van der Waals surface area contributed by atoms with Crippen molar-refractivity contribution in [2.24, 2.45) is 0 Å². The Labute approximate surface area is 104 Å². The van der Waals surface area contributed by atoms with Gasteiger partial charge in [-0.05, 0) is 25.5 Å². The summed E-state index contributed by atoms with van der Waals surface area (Å²) in [5.41, 5.74) is 1.04. The Balaban J connectivity index is 2.41. The van der Waals surface area contributed by atoms with Crippen LogP contribution in [0.15, 0.2) is 18.7 Å². The zero-order valence-corrected chi connectivity index (χ0v) is 10.7. The van der Waals surface area contributed by atoms with E-state index in [1.807, 2.05) is 13.8 Å². The minimum absolute atomic E-state index is 0.219. The van der Waals surface area contributed by atoms with E-state index in [2.05, 4.69) is 18.0 Å². The lowest BCUT2D eigenvalue weighted by molar-refractivity contribution is 0.211. The molecule has 0 aliphatic carbocycles. The molecule has 1 saturated heterocycles. The molecule has 1 aliphatic heterocycles. The largest absolute Gasteiger partial charge is 0.323 e. The summed E-state index contributed by atoms with van der Waals surface area (Å²) in [6, 6.07) is 1.55. The lowest BCUT2D eigenvalue weighted by atomic mass is 10.1. The molecule has 2 amide bonds. The molecule has 0 radical (unpaired) electrons. The summed E-state index contributed by atoms with van der Waals surface area (Å²) in [6.45, 7) is 8.16. The molecule has 90 valence electrons. The van der Waals surface area contributed by atoms with Gasteiger partial charge in [0.15, 0.2) is 0 Å². The van der Waals surface area contributed by atoms with Crippen molar-refractivity contribution in [3.05, 3.63) is 34.0 Å². The molecule has 0 aromatic carbocycles. The van der Waals surface area contributed by atoms with Crippen molar-refractivity contribution in [1.29, 1.82) is 5.41 Å². The second-order valence-corrected chi connectivity index (χ2v) is 5.52. The van der Waals surface area contributed by atoms with Crippen LogP contribution in [0.1, 0.15) is 21.4 Å². The Hall–Kier alpha value is -1.62. The number of thiophene rings is 1. The smallest absolute Gasteiger partial charge is 0.306 e. The van der Waals surface area contributed by atoms with Crippen molar-refractivity contribution < 1.29 is 4.79 Å². The molecule has 0 bridgehead atoms. The summed E-state index contributed by atoms with van der Waals surface area (Å²) < 4.78 is 0. The summed E-state index contributed by atoms with van der Waals surface area (Å²) in [5.74, 6) is 0.248. The maximum Gasteiger partial charge on any atom is 0.323 e. The number of amides is 2. The van der Waals surface area contributed by atoms with Crippen molar-refractivity contribution >= 4 is 23.2 Å². The van der Waals surface area contributed by atoms with Gasteiger partial charge in [0, 0.05) is 16.3 Å². The first-order valence-electron chi connectivity index (χ1n) is 5.38. The van der Waals surface area contributed by atoms with Gasteiger partial charge in [0.1, 0.15) is 11.9 Å². The lowest BCUT2D eigenvalue weighted by Gasteiger charge is -2.21. The van der Waals surface area contributed by atoms with Crippen molar-refractivity contribution in [2.45, 2.75) is 19.9 Å². The molecular formula is C12H15N3OS. The van der Waals surface area contributed by atoms with Crippen LogP contribution in [-0.2, 0) is 0 Å². The average molecular weight is 249 g/mol. The highest BCUT2D eigenvalue weighted by Gasteiger charge is 2.37. The number of hydrogen-bond donors (Lipinski definition) is 2. The number of carbonyl (C=O) groups is 1. The van der Waals surface area contributed by atoms with E-state index in [4.69, 9.17) is 5.41 Å². The molecule has 2 rings (SSSR count). The fraction of sp³-hybridized carbons (Fsp3) is 0.333. The highest BCUT2D eigenvalue weighted by Crippen LogP contribution is 2.32. The molecule has 1 fully saturated rings. The third-order valence-corrected chi connectivity index (χ3v) is 3.77. The maximum atomic E-state index is 11.7. The van der Waals surface area contributed by atoms with Gasteiger partial charge in [-0.1, -0.05) is 6.08 Å². The molecule has 5 heteroatoms. The van der Waals surface area contributed by atoms with E-state index >= 15 is 0 Å². The molecule has 1 aromatic rings. The van der Waals surface area contributed by atoms with E-state index in [0.29, 0.717) is 6.54 Å². The number of amidine groups is 1. The van der Waals surface area contributed by atoms with Crippen LogP contribution in [0, 0.1) is 19.3 Å². The number of urea groups is 1. The van der Waals surface area contributed by atoms with Gasteiger partial charge < -0.3 is 4.90 Å². The van der Waals surface area contributed by atoms with Crippen molar-refractivity contribution in [3.63, 3.8) is 0 Å². The molecule has 17 heavy (non-hydrogen) atoms. The molecule has 1 atom stereocenters. The standard InChI is InChI=1S/C12H15N3OS/c1-4-5-15-10(11(13)14-12(15)16)9-6-7(2)17-8(9)3/h4,6,10H,1,5H2,2-3H3,(H2,13,14,16). The zero-order valence-electron chi connectivity index (χ0n) is 9.91. The quantitative estimate of drug-likeness (QED) is 0.795. The van der Waals surface area contributed by atoms with Crippen LogP contribution in [0.4, 0.5) is 4.79 Å². The molecule has 0 spiro atoms. The van der Waals surface area contributed by atoms with E-state index in [1.54, 1.807) is 22.3 Å². The molecule has 4 nitrogen and oxygen atoms in total. The fourth-order valence-corrected chi connectivity index (χ4v) is 3.06. The fourth-order valence-electron chi connectivity index (χ4n) is 2.10. The summed E-state index contributed by atoms with van der Waals surface area (Å²) in [4.78, 5) is 15.7. The predicted octanol–water partition coefficient (Wildman–Crippen LogP) is 2.59. The number of carbonyl (C=O) groups excluding carboxylic acids is 1. The van der Waals surface area contributed by atoms with Crippen molar-refractivity contribution in [3.8, 4) is 0 Å². The van der Waals surface area contributed by atoms with E-state index in [-0.39, 0.29) is 17.9 Å². The van der Waals surface area contributed by atoms with Gasteiger partial charge in [-0.25, -0.2) is 4.79 Å². The van der Waals surface area contributed by atoms with E-state index in [9.17, 15) is 4.79 Å². The normalized spacial score (nSPS) is 19.6. The third-order valence-electron chi connectivity index (χ3n) is 2.79. The Kier molecular flexibility index (Phi) is 3.02. The summed E-state index contributed by atoms with van der Waals surface area (Å²) in [6.07, 6.45) is 1.68. The van der Waals surface area contributed by atoms with Crippen LogP contribution >= 0.6 is 11.3 Å². The number of nitrogens with one attached hydrogen (secondary N) is 2. The highest BCUT2D eigenvalue weighted by molar-refractivity contribution is 7.12. The molecule has 1 unspecified atom stereocenters. The van der Waals surface area contributed by atoms with Crippen LogP contribution < -0.4 is 5.32 Å². The van der Waals surface area contributed by atoms with Gasteiger partial charge in [-0.2, -0.15) is 0 Å². The first-order chi connectivity index (χ1) is 8.04. The van der Waals surface area contributed by atoms with Gasteiger partial charge in [-0.3, -0.25) is 10.7 Å². The average Bonchev–Trinajstić information content (AvgIpc) is 2.69. The van der Waals surface area contributed by atoms with Crippen LogP contribution in [0.2, 0.25) is 0 Å². The summed E-state index contributed by atoms with van der Waals surface area (Å²) >= 11 is 1.69. The van der Waals surface area contributed by atoms with Gasteiger partial charge in [0.25, 0.3) is 0 Å². The topological polar surface area (TPSA) is 56.2 Å². The van der Waals surface area contributed by atoms with Gasteiger partial charge in [0.2, 0.25) is 0 Å². The maximum absolute atomic E-state index is 11.7. The minimum Gasteiger partial charge on any atom is -0.306 e. The second-order valence-electron chi connectivity index (χ2n) is 4.06. The number of nitrogens with zero attached hydrogens (tertiary/aromatic N) is 1. The number of aryl methyl sites for hydroxylation is 2.